The van der Waals surface area contributed by atoms with Gasteiger partial charge in [0.2, 0.25) is 10.0 Å². The van der Waals surface area contributed by atoms with Crippen LogP contribution in [0.1, 0.15) is 32.3 Å². The Morgan fingerprint density at radius 1 is 1.30 bits per heavy atom. The third kappa shape index (κ3) is 4.18. The molecule has 0 unspecified atom stereocenters. The van der Waals surface area contributed by atoms with E-state index in [0.717, 1.165) is 5.56 Å². The lowest BCUT2D eigenvalue weighted by Gasteiger charge is -2.31. The molecule has 3 N–H and O–H groups in total. The number of nitrogens with one attached hydrogen (secondary N) is 1. The van der Waals surface area contributed by atoms with Gasteiger partial charge in [-0.1, -0.05) is 26.0 Å². The van der Waals surface area contributed by atoms with E-state index in [0.29, 0.717) is 17.3 Å². The molecule has 0 saturated carbocycles. The van der Waals surface area contributed by atoms with Gasteiger partial charge in [0.25, 0.3) is 0 Å². The van der Waals surface area contributed by atoms with Crippen LogP contribution in [0.5, 0.6) is 0 Å². The number of rotatable bonds is 6. The second kappa shape index (κ2) is 7.75. The first-order chi connectivity index (χ1) is 8.82. The molecule has 0 saturated heterocycles. The first kappa shape index (κ1) is 19.9. The standard InChI is InChI=1S/C13H21BrN2O2S.ClH/c1-4-13(5-2,9-15)16-19(17,18)11-8-6-7-10(3)12(11)14;/h6-8,16H,4-5,9,15H2,1-3H3;1H. The van der Waals surface area contributed by atoms with E-state index >= 15 is 0 Å². The molecular formula is C13H22BrClN2O2S. The molecule has 0 aromatic heterocycles. The summed E-state index contributed by atoms with van der Waals surface area (Å²) in [6.07, 6.45) is 1.31. The van der Waals surface area contributed by atoms with Crippen molar-refractivity contribution >= 4 is 38.4 Å². The van der Waals surface area contributed by atoms with Gasteiger partial charge in [0.05, 0.1) is 4.90 Å². The zero-order valence-electron chi connectivity index (χ0n) is 11.9. The van der Waals surface area contributed by atoms with Gasteiger partial charge in [-0.05, 0) is 47.3 Å². The number of benzene rings is 1. The molecule has 0 radical (unpaired) electrons. The van der Waals surface area contributed by atoms with Gasteiger partial charge in [0, 0.05) is 16.6 Å². The minimum Gasteiger partial charge on any atom is -0.329 e. The zero-order valence-corrected chi connectivity index (χ0v) is 15.2. The molecule has 0 aliphatic carbocycles. The Morgan fingerprint density at radius 3 is 2.30 bits per heavy atom. The second-order valence-electron chi connectivity index (χ2n) is 4.68. The highest BCUT2D eigenvalue weighted by atomic mass is 79.9. The van der Waals surface area contributed by atoms with Crippen LogP contribution in [0, 0.1) is 6.92 Å². The van der Waals surface area contributed by atoms with Crippen LogP contribution in [0.25, 0.3) is 0 Å². The summed E-state index contributed by atoms with van der Waals surface area (Å²) in [5.74, 6) is 0. The van der Waals surface area contributed by atoms with Crippen molar-refractivity contribution in [2.45, 2.75) is 44.0 Å². The van der Waals surface area contributed by atoms with Crippen molar-refractivity contribution in [2.75, 3.05) is 6.54 Å². The average molecular weight is 386 g/mol. The Hall–Kier alpha value is -0.140. The molecule has 1 aromatic rings. The molecule has 0 aliphatic rings. The fourth-order valence-electron chi connectivity index (χ4n) is 1.89. The van der Waals surface area contributed by atoms with Gasteiger partial charge in [-0.3, -0.25) is 0 Å². The van der Waals surface area contributed by atoms with Crippen molar-refractivity contribution in [3.05, 3.63) is 28.2 Å². The quantitative estimate of drug-likeness (QED) is 0.790. The predicted molar refractivity (Wildman–Crippen MR) is 88.8 cm³/mol. The number of nitrogens with two attached hydrogens (primary N) is 1. The van der Waals surface area contributed by atoms with Gasteiger partial charge in [0.15, 0.2) is 0 Å². The maximum Gasteiger partial charge on any atom is 0.242 e. The molecule has 4 nitrogen and oxygen atoms in total. The Balaban J connectivity index is 0.00000361. The van der Waals surface area contributed by atoms with Gasteiger partial charge in [-0.2, -0.15) is 0 Å². The molecule has 1 aromatic carbocycles. The maximum absolute atomic E-state index is 12.5. The fourth-order valence-corrected chi connectivity index (χ4v) is 4.50. The third-order valence-electron chi connectivity index (χ3n) is 3.54. The lowest BCUT2D eigenvalue weighted by Crippen LogP contribution is -2.52. The Kier molecular flexibility index (Phi) is 7.70. The van der Waals surface area contributed by atoms with Crippen molar-refractivity contribution in [1.82, 2.24) is 4.72 Å². The van der Waals surface area contributed by atoms with E-state index in [9.17, 15) is 8.42 Å². The van der Waals surface area contributed by atoms with E-state index in [-0.39, 0.29) is 23.8 Å². The van der Waals surface area contributed by atoms with Crippen molar-refractivity contribution in [3.8, 4) is 0 Å². The molecule has 0 atom stereocenters. The highest BCUT2D eigenvalue weighted by Crippen LogP contribution is 2.27. The average Bonchev–Trinajstić information content (AvgIpc) is 2.39. The van der Waals surface area contributed by atoms with Crippen molar-refractivity contribution in [2.24, 2.45) is 5.73 Å². The summed E-state index contributed by atoms with van der Waals surface area (Å²) in [6.45, 7) is 6.01. The summed E-state index contributed by atoms with van der Waals surface area (Å²) in [7, 11) is -3.58. The summed E-state index contributed by atoms with van der Waals surface area (Å²) >= 11 is 3.34. The van der Waals surface area contributed by atoms with Crippen LogP contribution in [0.2, 0.25) is 0 Å². The van der Waals surface area contributed by atoms with Crippen molar-refractivity contribution in [1.29, 1.82) is 0 Å². The van der Waals surface area contributed by atoms with Crippen molar-refractivity contribution < 1.29 is 8.42 Å². The van der Waals surface area contributed by atoms with Gasteiger partial charge in [0.1, 0.15) is 0 Å². The molecule has 20 heavy (non-hydrogen) atoms. The second-order valence-corrected chi connectivity index (χ2v) is 7.13. The normalized spacial score (nSPS) is 12.1. The van der Waals surface area contributed by atoms with E-state index in [1.54, 1.807) is 12.1 Å². The molecule has 0 amide bonds. The third-order valence-corrected chi connectivity index (χ3v) is 6.48. The highest BCUT2D eigenvalue weighted by Gasteiger charge is 2.31. The van der Waals surface area contributed by atoms with Gasteiger partial charge >= 0.3 is 0 Å². The van der Waals surface area contributed by atoms with E-state index in [1.165, 1.54) is 0 Å². The number of hydrogen-bond acceptors (Lipinski definition) is 3. The molecule has 0 spiro atoms. The topological polar surface area (TPSA) is 72.2 Å². The van der Waals surface area contributed by atoms with Crippen LogP contribution in [0.3, 0.4) is 0 Å². The lowest BCUT2D eigenvalue weighted by molar-refractivity contribution is 0.363. The van der Waals surface area contributed by atoms with E-state index in [4.69, 9.17) is 5.73 Å². The number of aryl methyl sites for hydroxylation is 1. The summed E-state index contributed by atoms with van der Waals surface area (Å²) < 4.78 is 28.4. The van der Waals surface area contributed by atoms with Crippen LogP contribution >= 0.6 is 28.3 Å². The molecule has 0 aliphatic heterocycles. The molecule has 0 fully saturated rings. The first-order valence-corrected chi connectivity index (χ1v) is 8.58. The number of sulfonamides is 1. The van der Waals surface area contributed by atoms with Crippen LogP contribution in [-0.4, -0.2) is 20.5 Å². The van der Waals surface area contributed by atoms with Crippen LogP contribution in [-0.2, 0) is 10.0 Å². The lowest BCUT2D eigenvalue weighted by atomic mass is 9.95. The Labute approximate surface area is 136 Å². The largest absolute Gasteiger partial charge is 0.329 e. The summed E-state index contributed by atoms with van der Waals surface area (Å²) in [5.41, 5.74) is 6.05. The highest BCUT2D eigenvalue weighted by molar-refractivity contribution is 9.10. The molecule has 0 bridgehead atoms. The minimum absolute atomic E-state index is 0. The molecule has 116 valence electrons. The van der Waals surface area contributed by atoms with Gasteiger partial charge < -0.3 is 5.73 Å². The minimum atomic E-state index is -3.58. The summed E-state index contributed by atoms with van der Waals surface area (Å²) in [4.78, 5) is 0.257. The van der Waals surface area contributed by atoms with Gasteiger partial charge in [-0.25, -0.2) is 13.1 Å². The molecular weight excluding hydrogens is 364 g/mol. The fraction of sp³-hybridized carbons (Fsp3) is 0.538. The Bertz CT molecular complexity index is 537. The number of halogens is 2. The molecule has 1 rings (SSSR count). The summed E-state index contributed by atoms with van der Waals surface area (Å²) in [5, 5.41) is 0. The van der Waals surface area contributed by atoms with E-state index in [1.807, 2.05) is 26.8 Å². The van der Waals surface area contributed by atoms with E-state index < -0.39 is 15.6 Å². The van der Waals surface area contributed by atoms with Crippen LogP contribution < -0.4 is 10.5 Å². The zero-order chi connectivity index (χ0) is 14.7. The van der Waals surface area contributed by atoms with Crippen LogP contribution in [0.15, 0.2) is 27.6 Å². The number of hydrogen-bond donors (Lipinski definition) is 2. The Morgan fingerprint density at radius 2 is 1.85 bits per heavy atom. The van der Waals surface area contributed by atoms with Crippen LogP contribution in [0.4, 0.5) is 0 Å². The van der Waals surface area contributed by atoms with Crippen molar-refractivity contribution in [3.63, 3.8) is 0 Å². The SMILES string of the molecule is CCC(CC)(CN)NS(=O)(=O)c1cccc(C)c1Br.Cl. The van der Waals surface area contributed by atoms with Gasteiger partial charge in [-0.15, -0.1) is 12.4 Å². The predicted octanol–water partition coefficient (Wildman–Crippen LogP) is 2.98. The molecule has 7 heteroatoms. The molecule has 0 heterocycles. The summed E-state index contributed by atoms with van der Waals surface area (Å²) in [6, 6.07) is 5.18. The monoisotopic (exact) mass is 384 g/mol. The maximum atomic E-state index is 12.5. The van der Waals surface area contributed by atoms with E-state index in [2.05, 4.69) is 20.7 Å². The first-order valence-electron chi connectivity index (χ1n) is 6.31. The smallest absolute Gasteiger partial charge is 0.242 e.